The highest BCUT2D eigenvalue weighted by Crippen LogP contribution is 2.31. The molecule has 1 amide bonds. The van der Waals surface area contributed by atoms with E-state index < -0.39 is 5.91 Å². The number of carbonyl (C=O) groups is 1. The van der Waals surface area contributed by atoms with Crippen LogP contribution in [-0.2, 0) is 0 Å². The Labute approximate surface area is 112 Å². The van der Waals surface area contributed by atoms with Gasteiger partial charge in [0.15, 0.2) is 0 Å². The number of amides is 1. The zero-order valence-electron chi connectivity index (χ0n) is 10.6. The van der Waals surface area contributed by atoms with Crippen LogP contribution >= 0.6 is 11.8 Å². The first-order valence-corrected chi connectivity index (χ1v) is 7.38. The SMILES string of the molecule is CCSC1CCC(Nc2ccnc(C(N)=O)c2)C1. The molecule has 2 rings (SSSR count). The van der Waals surface area contributed by atoms with Gasteiger partial charge in [0, 0.05) is 23.2 Å². The molecule has 2 atom stereocenters. The summed E-state index contributed by atoms with van der Waals surface area (Å²) in [4.78, 5) is 15.0. The first-order chi connectivity index (χ1) is 8.69. The van der Waals surface area contributed by atoms with Crippen LogP contribution in [0.3, 0.4) is 0 Å². The molecule has 1 aromatic heterocycles. The first kappa shape index (κ1) is 13.2. The Morgan fingerprint density at radius 1 is 1.61 bits per heavy atom. The largest absolute Gasteiger partial charge is 0.382 e. The molecular weight excluding hydrogens is 246 g/mol. The third kappa shape index (κ3) is 3.38. The van der Waals surface area contributed by atoms with E-state index in [-0.39, 0.29) is 0 Å². The van der Waals surface area contributed by atoms with Crippen LogP contribution in [0.5, 0.6) is 0 Å². The smallest absolute Gasteiger partial charge is 0.267 e. The van der Waals surface area contributed by atoms with Gasteiger partial charge in [0.2, 0.25) is 0 Å². The lowest BCUT2D eigenvalue weighted by Gasteiger charge is -2.14. The molecule has 1 aliphatic rings. The maximum Gasteiger partial charge on any atom is 0.267 e. The quantitative estimate of drug-likeness (QED) is 0.857. The Morgan fingerprint density at radius 3 is 3.17 bits per heavy atom. The summed E-state index contributed by atoms with van der Waals surface area (Å²) in [5, 5.41) is 4.23. The van der Waals surface area contributed by atoms with Gasteiger partial charge in [-0.15, -0.1) is 0 Å². The van der Waals surface area contributed by atoms with Gasteiger partial charge in [0.25, 0.3) is 5.91 Å². The van der Waals surface area contributed by atoms with E-state index in [4.69, 9.17) is 5.73 Å². The van der Waals surface area contributed by atoms with Crippen LogP contribution in [0.4, 0.5) is 5.69 Å². The van der Waals surface area contributed by atoms with Crippen molar-refractivity contribution in [3.8, 4) is 0 Å². The molecule has 18 heavy (non-hydrogen) atoms. The summed E-state index contributed by atoms with van der Waals surface area (Å²) >= 11 is 2.03. The van der Waals surface area contributed by atoms with Crippen LogP contribution in [0, 0.1) is 0 Å². The van der Waals surface area contributed by atoms with Gasteiger partial charge >= 0.3 is 0 Å². The van der Waals surface area contributed by atoms with Crippen molar-refractivity contribution in [2.45, 2.75) is 37.5 Å². The van der Waals surface area contributed by atoms with Crippen LogP contribution in [-0.4, -0.2) is 27.9 Å². The maximum atomic E-state index is 11.1. The molecular formula is C13H19N3OS. The van der Waals surface area contributed by atoms with Crippen LogP contribution in [0.1, 0.15) is 36.7 Å². The minimum atomic E-state index is -0.482. The van der Waals surface area contributed by atoms with Gasteiger partial charge < -0.3 is 11.1 Å². The van der Waals surface area contributed by atoms with E-state index >= 15 is 0 Å². The number of thioether (sulfide) groups is 1. The fourth-order valence-corrected chi connectivity index (χ4v) is 3.49. The van der Waals surface area contributed by atoms with Gasteiger partial charge in [0.05, 0.1) is 0 Å². The Balaban J connectivity index is 1.94. The van der Waals surface area contributed by atoms with E-state index in [9.17, 15) is 4.79 Å². The number of hydrogen-bond acceptors (Lipinski definition) is 4. The van der Waals surface area contributed by atoms with E-state index in [1.807, 2.05) is 17.8 Å². The van der Waals surface area contributed by atoms with Gasteiger partial charge in [-0.1, -0.05) is 6.92 Å². The summed E-state index contributed by atoms with van der Waals surface area (Å²) in [6.07, 6.45) is 5.26. The zero-order chi connectivity index (χ0) is 13.0. The number of nitrogens with one attached hydrogen (secondary N) is 1. The van der Waals surface area contributed by atoms with Gasteiger partial charge in [-0.05, 0) is 37.1 Å². The summed E-state index contributed by atoms with van der Waals surface area (Å²) in [6, 6.07) is 4.10. The predicted octanol–water partition coefficient (Wildman–Crippen LogP) is 2.27. The highest BCUT2D eigenvalue weighted by molar-refractivity contribution is 7.99. The second-order valence-electron chi connectivity index (χ2n) is 4.53. The lowest BCUT2D eigenvalue weighted by Crippen LogP contribution is -2.18. The summed E-state index contributed by atoms with van der Waals surface area (Å²) in [6.45, 7) is 2.20. The molecule has 3 N–H and O–H groups in total. The fraction of sp³-hybridized carbons (Fsp3) is 0.538. The molecule has 98 valence electrons. The molecule has 5 heteroatoms. The summed E-state index contributed by atoms with van der Waals surface area (Å²) in [5.74, 6) is 0.697. The van der Waals surface area contributed by atoms with E-state index in [1.54, 1.807) is 12.3 Å². The second-order valence-corrected chi connectivity index (χ2v) is 6.10. The van der Waals surface area contributed by atoms with Crippen molar-refractivity contribution in [3.05, 3.63) is 24.0 Å². The normalized spacial score (nSPS) is 22.9. The molecule has 0 bridgehead atoms. The summed E-state index contributed by atoms with van der Waals surface area (Å²) in [5.41, 5.74) is 6.47. The number of rotatable bonds is 5. The van der Waals surface area contributed by atoms with Gasteiger partial charge in [-0.25, -0.2) is 0 Å². The van der Waals surface area contributed by atoms with Crippen molar-refractivity contribution in [1.29, 1.82) is 0 Å². The molecule has 0 aromatic carbocycles. The molecule has 4 nitrogen and oxygen atoms in total. The zero-order valence-corrected chi connectivity index (χ0v) is 11.4. The van der Waals surface area contributed by atoms with Crippen molar-refractivity contribution < 1.29 is 4.79 Å². The van der Waals surface area contributed by atoms with Crippen LogP contribution < -0.4 is 11.1 Å². The first-order valence-electron chi connectivity index (χ1n) is 6.33. The molecule has 0 radical (unpaired) electrons. The summed E-state index contributed by atoms with van der Waals surface area (Å²) in [7, 11) is 0. The minimum Gasteiger partial charge on any atom is -0.382 e. The highest BCUT2D eigenvalue weighted by Gasteiger charge is 2.24. The highest BCUT2D eigenvalue weighted by atomic mass is 32.2. The number of nitrogens with two attached hydrogens (primary N) is 1. The third-order valence-electron chi connectivity index (χ3n) is 3.17. The van der Waals surface area contributed by atoms with Crippen molar-refractivity contribution in [2.24, 2.45) is 5.73 Å². The van der Waals surface area contributed by atoms with Crippen LogP contribution in [0.15, 0.2) is 18.3 Å². The fourth-order valence-electron chi connectivity index (χ4n) is 2.35. The molecule has 0 spiro atoms. The average molecular weight is 265 g/mol. The van der Waals surface area contributed by atoms with E-state index in [1.165, 1.54) is 25.0 Å². The number of anilines is 1. The number of primary amides is 1. The number of hydrogen-bond donors (Lipinski definition) is 2. The number of pyridine rings is 1. The average Bonchev–Trinajstić information content (AvgIpc) is 2.77. The molecule has 2 unspecified atom stereocenters. The third-order valence-corrected chi connectivity index (χ3v) is 4.40. The number of carbonyl (C=O) groups excluding carboxylic acids is 1. The van der Waals surface area contributed by atoms with Gasteiger partial charge in [0.1, 0.15) is 5.69 Å². The molecule has 1 aromatic rings. The maximum absolute atomic E-state index is 11.1. The van der Waals surface area contributed by atoms with E-state index in [0.29, 0.717) is 11.7 Å². The van der Waals surface area contributed by atoms with Crippen molar-refractivity contribution in [1.82, 2.24) is 4.98 Å². The van der Waals surface area contributed by atoms with Crippen molar-refractivity contribution >= 4 is 23.4 Å². The van der Waals surface area contributed by atoms with E-state index in [2.05, 4.69) is 17.2 Å². The standard InChI is InChI=1S/C13H19N3OS/c1-2-18-11-4-3-9(7-11)16-10-5-6-15-12(8-10)13(14)17/h5-6,8-9,11H,2-4,7H2,1H3,(H2,14,17)(H,15,16). The predicted molar refractivity (Wildman–Crippen MR) is 75.9 cm³/mol. The summed E-state index contributed by atoms with van der Waals surface area (Å²) < 4.78 is 0. The Hall–Kier alpha value is -1.23. The Bertz CT molecular complexity index is 424. The Kier molecular flexibility index (Phi) is 4.47. The minimum absolute atomic E-state index is 0.317. The molecule has 1 heterocycles. The van der Waals surface area contributed by atoms with Crippen LogP contribution in [0.2, 0.25) is 0 Å². The lowest BCUT2D eigenvalue weighted by atomic mass is 10.2. The number of aromatic nitrogens is 1. The Morgan fingerprint density at radius 2 is 2.44 bits per heavy atom. The second kappa shape index (κ2) is 6.09. The molecule has 1 fully saturated rings. The van der Waals surface area contributed by atoms with E-state index in [0.717, 1.165) is 10.9 Å². The van der Waals surface area contributed by atoms with Gasteiger partial charge in [-0.3, -0.25) is 9.78 Å². The molecule has 0 saturated heterocycles. The molecule has 1 saturated carbocycles. The number of nitrogens with zero attached hydrogens (tertiary/aromatic N) is 1. The lowest BCUT2D eigenvalue weighted by molar-refractivity contribution is 0.0995. The molecule has 1 aliphatic carbocycles. The van der Waals surface area contributed by atoms with Crippen molar-refractivity contribution in [2.75, 3.05) is 11.1 Å². The van der Waals surface area contributed by atoms with Crippen LogP contribution in [0.25, 0.3) is 0 Å². The molecule has 0 aliphatic heterocycles. The van der Waals surface area contributed by atoms with Gasteiger partial charge in [-0.2, -0.15) is 11.8 Å². The van der Waals surface area contributed by atoms with Crippen molar-refractivity contribution in [3.63, 3.8) is 0 Å². The monoisotopic (exact) mass is 265 g/mol. The topological polar surface area (TPSA) is 68.0 Å².